The second kappa shape index (κ2) is 7.20. The van der Waals surface area contributed by atoms with E-state index in [-0.39, 0.29) is 22.8 Å². The molecule has 0 radical (unpaired) electrons. The molecule has 0 atom stereocenters. The largest absolute Gasteiger partial charge is 0.355 e. The summed E-state index contributed by atoms with van der Waals surface area (Å²) in [6.45, 7) is 0. The van der Waals surface area contributed by atoms with E-state index < -0.39 is 5.69 Å². The first kappa shape index (κ1) is 19.5. The Morgan fingerprint density at radius 3 is 2.52 bits per heavy atom. The SMILES string of the molecule is Cn1c(=O)cc(Nc2ccc3c(c2)C=CC3)c2c(=O)n(C3CC3)c(=O)n(-c3ccccc3)c21. The Morgan fingerprint density at radius 2 is 1.76 bits per heavy atom. The zero-order valence-electron chi connectivity index (χ0n) is 18.1. The van der Waals surface area contributed by atoms with E-state index >= 15 is 0 Å². The zero-order chi connectivity index (χ0) is 22.7. The molecule has 7 nitrogen and oxygen atoms in total. The van der Waals surface area contributed by atoms with Gasteiger partial charge in [-0.3, -0.25) is 18.7 Å². The van der Waals surface area contributed by atoms with Gasteiger partial charge in [0.15, 0.2) is 0 Å². The molecule has 2 aliphatic carbocycles. The first-order chi connectivity index (χ1) is 16.0. The van der Waals surface area contributed by atoms with E-state index in [0.29, 0.717) is 16.8 Å². The Hall–Kier alpha value is -4.13. The van der Waals surface area contributed by atoms with Gasteiger partial charge in [-0.05, 0) is 54.7 Å². The number of para-hydroxylation sites is 1. The van der Waals surface area contributed by atoms with Crippen LogP contribution in [0, 0.1) is 0 Å². The van der Waals surface area contributed by atoms with E-state index in [9.17, 15) is 14.4 Å². The number of fused-ring (bicyclic) bond motifs is 2. The first-order valence-electron chi connectivity index (χ1n) is 11.1. The maximum atomic E-state index is 13.7. The molecule has 2 heterocycles. The summed E-state index contributed by atoms with van der Waals surface area (Å²) < 4.78 is 4.20. The molecule has 33 heavy (non-hydrogen) atoms. The van der Waals surface area contributed by atoms with E-state index in [1.807, 2.05) is 36.4 Å². The molecule has 6 rings (SSSR count). The summed E-state index contributed by atoms with van der Waals surface area (Å²) in [5, 5.41) is 3.62. The van der Waals surface area contributed by atoms with Crippen molar-refractivity contribution in [2.75, 3.05) is 5.32 Å². The molecule has 0 spiro atoms. The van der Waals surface area contributed by atoms with E-state index in [4.69, 9.17) is 0 Å². The van der Waals surface area contributed by atoms with Gasteiger partial charge in [0.1, 0.15) is 11.0 Å². The van der Waals surface area contributed by atoms with Gasteiger partial charge in [0, 0.05) is 24.8 Å². The number of aryl methyl sites for hydroxylation is 1. The van der Waals surface area contributed by atoms with Crippen molar-refractivity contribution in [2.45, 2.75) is 25.3 Å². The summed E-state index contributed by atoms with van der Waals surface area (Å²) in [6.07, 6.45) is 6.66. The zero-order valence-corrected chi connectivity index (χ0v) is 18.1. The summed E-state index contributed by atoms with van der Waals surface area (Å²) >= 11 is 0. The second-order valence-electron chi connectivity index (χ2n) is 8.66. The molecule has 0 amide bonds. The Labute approximate surface area is 188 Å². The smallest absolute Gasteiger partial charge is 0.337 e. The van der Waals surface area contributed by atoms with Crippen molar-refractivity contribution < 1.29 is 0 Å². The molecule has 0 saturated heterocycles. The number of anilines is 2. The van der Waals surface area contributed by atoms with Gasteiger partial charge in [0.25, 0.3) is 11.1 Å². The van der Waals surface area contributed by atoms with Gasteiger partial charge >= 0.3 is 5.69 Å². The van der Waals surface area contributed by atoms with Crippen LogP contribution in [0.1, 0.15) is 30.0 Å². The summed E-state index contributed by atoms with van der Waals surface area (Å²) in [7, 11) is 1.59. The van der Waals surface area contributed by atoms with Gasteiger partial charge in [-0.1, -0.05) is 36.4 Å². The van der Waals surface area contributed by atoms with Crippen molar-refractivity contribution in [2.24, 2.45) is 7.05 Å². The van der Waals surface area contributed by atoms with E-state index in [2.05, 4.69) is 17.5 Å². The maximum absolute atomic E-state index is 13.7. The van der Waals surface area contributed by atoms with E-state index in [1.54, 1.807) is 19.2 Å². The van der Waals surface area contributed by atoms with E-state index in [1.165, 1.54) is 25.3 Å². The highest BCUT2D eigenvalue weighted by atomic mass is 16.2. The number of rotatable bonds is 4. The van der Waals surface area contributed by atoms with Crippen LogP contribution in [0.15, 0.2) is 75.1 Å². The molecule has 2 aromatic carbocycles. The second-order valence-corrected chi connectivity index (χ2v) is 8.66. The predicted octanol–water partition coefficient (Wildman–Crippen LogP) is 3.50. The molecule has 1 fully saturated rings. The highest BCUT2D eigenvalue weighted by Gasteiger charge is 2.30. The van der Waals surface area contributed by atoms with Crippen molar-refractivity contribution in [3.63, 3.8) is 0 Å². The summed E-state index contributed by atoms with van der Waals surface area (Å²) in [5.41, 5.74) is 3.33. The molecule has 1 saturated carbocycles. The van der Waals surface area contributed by atoms with Crippen LogP contribution in [0.4, 0.5) is 11.4 Å². The fourth-order valence-corrected chi connectivity index (χ4v) is 4.61. The predicted molar refractivity (Wildman–Crippen MR) is 130 cm³/mol. The van der Waals surface area contributed by atoms with Crippen molar-refractivity contribution >= 4 is 28.5 Å². The third-order valence-electron chi connectivity index (χ3n) is 6.44. The molecular weight excluding hydrogens is 416 g/mol. The third kappa shape index (κ3) is 3.08. The Morgan fingerprint density at radius 1 is 0.970 bits per heavy atom. The number of hydrogen-bond acceptors (Lipinski definition) is 4. The lowest BCUT2D eigenvalue weighted by atomic mass is 10.1. The van der Waals surface area contributed by atoms with Crippen LogP contribution in [0.2, 0.25) is 0 Å². The number of pyridine rings is 1. The van der Waals surface area contributed by atoms with Gasteiger partial charge in [-0.2, -0.15) is 0 Å². The van der Waals surface area contributed by atoms with Gasteiger partial charge in [-0.15, -0.1) is 0 Å². The number of hydrogen-bond donors (Lipinski definition) is 1. The highest BCUT2D eigenvalue weighted by Crippen LogP contribution is 2.33. The Kier molecular flexibility index (Phi) is 4.26. The maximum Gasteiger partial charge on any atom is 0.337 e. The monoisotopic (exact) mass is 438 g/mol. The van der Waals surface area contributed by atoms with Crippen molar-refractivity contribution in [1.82, 2.24) is 13.7 Å². The van der Waals surface area contributed by atoms with Crippen molar-refractivity contribution in [3.8, 4) is 5.69 Å². The third-order valence-corrected chi connectivity index (χ3v) is 6.44. The first-order valence-corrected chi connectivity index (χ1v) is 11.1. The number of nitrogens with zero attached hydrogens (tertiary/aromatic N) is 3. The average molecular weight is 438 g/mol. The molecule has 2 aromatic heterocycles. The molecule has 0 bridgehead atoms. The molecular formula is C26H22N4O3. The molecule has 1 N–H and O–H groups in total. The summed E-state index contributed by atoms with van der Waals surface area (Å²) in [4.78, 5) is 40.1. The highest BCUT2D eigenvalue weighted by molar-refractivity contribution is 5.91. The van der Waals surface area contributed by atoms with Gasteiger partial charge in [0.05, 0.1) is 11.4 Å². The minimum absolute atomic E-state index is 0.112. The van der Waals surface area contributed by atoms with Crippen molar-refractivity contribution in [3.05, 3.63) is 103 Å². The van der Waals surface area contributed by atoms with Crippen LogP contribution in [0.25, 0.3) is 22.8 Å². The number of benzene rings is 2. The van der Waals surface area contributed by atoms with Crippen LogP contribution in [0.5, 0.6) is 0 Å². The van der Waals surface area contributed by atoms with Crippen molar-refractivity contribution in [1.29, 1.82) is 0 Å². The Balaban J connectivity index is 1.68. The number of nitrogens with one attached hydrogen (secondary N) is 1. The fraction of sp³-hybridized carbons (Fsp3) is 0.192. The normalized spacial score (nSPS) is 14.6. The molecule has 164 valence electrons. The Bertz CT molecular complexity index is 1640. The topological polar surface area (TPSA) is 78.0 Å². The van der Waals surface area contributed by atoms with Crippen LogP contribution < -0.4 is 22.1 Å². The standard InChI is InChI=1S/C26H22N4O3/c1-28-22(31)15-21(27-18-11-10-16-6-5-7-17(16)14-18)23-24(28)29(19-8-3-2-4-9-19)26(33)30(25(23)32)20-12-13-20/h2-5,7-11,14-15,20,27H,6,12-13H2,1H3. The van der Waals surface area contributed by atoms with Crippen LogP contribution >= 0.6 is 0 Å². The minimum atomic E-state index is -0.420. The van der Waals surface area contributed by atoms with Gasteiger partial charge < -0.3 is 5.32 Å². The quantitative estimate of drug-likeness (QED) is 0.529. The number of aromatic nitrogens is 3. The molecule has 0 unspecified atom stereocenters. The lowest BCUT2D eigenvalue weighted by molar-refractivity contribution is 0.637. The van der Waals surface area contributed by atoms with E-state index in [0.717, 1.165) is 30.5 Å². The summed E-state index contributed by atoms with van der Waals surface area (Å²) in [5.74, 6) is 0. The number of allylic oxidation sites excluding steroid dienone is 1. The van der Waals surface area contributed by atoms with Gasteiger partial charge in [0.2, 0.25) is 0 Å². The van der Waals surface area contributed by atoms with Crippen LogP contribution in [-0.2, 0) is 13.5 Å². The fourth-order valence-electron chi connectivity index (χ4n) is 4.61. The average Bonchev–Trinajstić information content (AvgIpc) is 3.53. The van der Waals surface area contributed by atoms with Gasteiger partial charge in [-0.25, -0.2) is 9.36 Å². The molecule has 7 heteroatoms. The minimum Gasteiger partial charge on any atom is -0.355 e. The molecule has 0 aliphatic heterocycles. The molecule has 2 aliphatic rings. The van der Waals surface area contributed by atoms with Crippen LogP contribution in [-0.4, -0.2) is 13.7 Å². The summed E-state index contributed by atoms with van der Waals surface area (Å²) in [6, 6.07) is 16.5. The van der Waals surface area contributed by atoms with Crippen LogP contribution in [0.3, 0.4) is 0 Å². The molecule has 4 aromatic rings. The lowest BCUT2D eigenvalue weighted by Gasteiger charge is -2.19. The lowest BCUT2D eigenvalue weighted by Crippen LogP contribution is -2.41.